The van der Waals surface area contributed by atoms with Crippen molar-refractivity contribution >= 4 is 35.5 Å². The maximum atomic E-state index is 13.4. The minimum Gasteiger partial charge on any atom is -0.534 e. The van der Waals surface area contributed by atoms with E-state index in [9.17, 15) is 19.5 Å². The van der Waals surface area contributed by atoms with Crippen molar-refractivity contribution in [3.05, 3.63) is 79.7 Å². The Kier molecular flexibility index (Phi) is 7.54. The molecule has 1 aliphatic heterocycles. The molecule has 0 spiro atoms. The van der Waals surface area contributed by atoms with E-state index in [1.54, 1.807) is 11.4 Å². The van der Waals surface area contributed by atoms with Crippen molar-refractivity contribution in [3.63, 3.8) is 0 Å². The molecule has 3 heterocycles. The van der Waals surface area contributed by atoms with Crippen molar-refractivity contribution in [2.45, 2.75) is 31.7 Å². The van der Waals surface area contributed by atoms with Crippen LogP contribution in [0.3, 0.4) is 0 Å². The van der Waals surface area contributed by atoms with E-state index in [1.807, 2.05) is 6.07 Å². The molecule has 0 saturated heterocycles. The highest BCUT2D eigenvalue weighted by atomic mass is 32.1. The average molecular weight is 565 g/mol. The van der Waals surface area contributed by atoms with Crippen LogP contribution in [0.1, 0.15) is 51.4 Å². The maximum absolute atomic E-state index is 13.4. The number of carboxylic acid groups (broad SMARTS) is 1. The lowest BCUT2D eigenvalue weighted by Crippen LogP contribution is -2.53. The molecular formula is C26H28BN5O7S. The number of methoxy groups -OCH3 is 1. The third-order valence-electron chi connectivity index (χ3n) is 6.96. The van der Waals surface area contributed by atoms with Crippen LogP contribution in [-0.4, -0.2) is 54.2 Å². The lowest BCUT2D eigenvalue weighted by Gasteiger charge is -2.33. The van der Waals surface area contributed by atoms with Crippen LogP contribution in [0.2, 0.25) is 0 Å². The molecule has 1 aliphatic carbocycles. The number of H-pyrrole nitrogens is 1. The number of amides is 1. The molecular weight excluding hydrogens is 537 g/mol. The van der Waals surface area contributed by atoms with Crippen LogP contribution in [0, 0.1) is 5.92 Å². The smallest absolute Gasteiger partial charge is 0.534 e. The lowest BCUT2D eigenvalue weighted by molar-refractivity contribution is 0.0693. The zero-order chi connectivity index (χ0) is 28.6. The van der Waals surface area contributed by atoms with Crippen molar-refractivity contribution in [3.8, 4) is 11.6 Å². The lowest BCUT2D eigenvalue weighted by atomic mass is 9.71. The summed E-state index contributed by atoms with van der Waals surface area (Å²) in [4.78, 5) is 44.7. The Morgan fingerprint density at radius 3 is 2.62 bits per heavy atom. The van der Waals surface area contributed by atoms with Crippen molar-refractivity contribution in [2.24, 2.45) is 5.92 Å². The number of aromatic nitrogens is 2. The number of carbonyl (C=O) groups excluding carboxylic acids is 1. The molecule has 2 aliphatic rings. The highest BCUT2D eigenvalue weighted by Crippen LogP contribution is 2.43. The molecule has 3 unspecified atom stereocenters. The minimum absolute atomic E-state index is 0.0557. The summed E-state index contributed by atoms with van der Waals surface area (Å²) in [5.74, 6) is -1.38. The molecule has 1 aromatic carbocycles. The fraction of sp³-hybridized carbons (Fsp3) is 0.308. The second-order valence-electron chi connectivity index (χ2n) is 9.61. The Morgan fingerprint density at radius 2 is 2.02 bits per heavy atom. The number of hydrogen-bond donors (Lipinski definition) is 5. The van der Waals surface area contributed by atoms with Gasteiger partial charge in [0, 0.05) is 18.2 Å². The number of para-hydroxylation sites is 1. The molecule has 12 nitrogen and oxygen atoms in total. The van der Waals surface area contributed by atoms with Gasteiger partial charge in [-0.15, -0.1) is 11.3 Å². The fourth-order valence-electron chi connectivity index (χ4n) is 4.81. The number of carbonyl (C=O) groups is 2. The van der Waals surface area contributed by atoms with E-state index in [-0.39, 0.29) is 28.7 Å². The maximum Gasteiger partial charge on any atom is 0.549 e. The third kappa shape index (κ3) is 5.40. The Labute approximate surface area is 233 Å². The van der Waals surface area contributed by atoms with Gasteiger partial charge in [-0.25, -0.2) is 9.78 Å². The number of hydrogen-bond acceptors (Lipinski definition) is 10. The SMILES string of the molecule is COB1Oc2c(cccc2C(=O)O)CC1N/C(=C1/CC1C)C(NC(=O)c1ccc(OC)[nH]c1=O)c1csc(N)n1. The average Bonchev–Trinajstić information content (AvgIpc) is 3.51. The number of nitrogens with zero attached hydrogens (tertiary/aromatic N) is 1. The number of nitrogens with two attached hydrogens (primary N) is 1. The first kappa shape index (κ1) is 27.3. The highest BCUT2D eigenvalue weighted by Gasteiger charge is 2.42. The van der Waals surface area contributed by atoms with Crippen LogP contribution in [0.4, 0.5) is 5.13 Å². The summed E-state index contributed by atoms with van der Waals surface area (Å²) in [5.41, 5.74) is 8.31. The summed E-state index contributed by atoms with van der Waals surface area (Å²) in [6.07, 6.45) is 1.19. The molecule has 6 N–H and O–H groups in total. The fourth-order valence-corrected chi connectivity index (χ4v) is 5.40. The van der Waals surface area contributed by atoms with E-state index in [4.69, 9.17) is 19.8 Å². The summed E-state index contributed by atoms with van der Waals surface area (Å²) in [6.45, 7) is 2.07. The molecule has 2 aromatic heterocycles. The summed E-state index contributed by atoms with van der Waals surface area (Å²) in [7, 11) is 2.08. The number of aromatic carboxylic acids is 1. The van der Waals surface area contributed by atoms with Gasteiger partial charge in [-0.2, -0.15) is 0 Å². The molecule has 3 aromatic rings. The Morgan fingerprint density at radius 1 is 1.25 bits per heavy atom. The summed E-state index contributed by atoms with van der Waals surface area (Å²) in [5, 5.41) is 18.2. The Hall–Kier alpha value is -4.30. The minimum atomic E-state index is -1.09. The number of pyridine rings is 1. The molecule has 1 saturated carbocycles. The first-order chi connectivity index (χ1) is 19.2. The van der Waals surface area contributed by atoms with Gasteiger partial charge in [0.2, 0.25) is 0 Å². The van der Waals surface area contributed by atoms with Crippen LogP contribution in [0.5, 0.6) is 11.6 Å². The van der Waals surface area contributed by atoms with E-state index in [1.165, 1.54) is 43.8 Å². The van der Waals surface area contributed by atoms with E-state index < -0.39 is 36.5 Å². The van der Waals surface area contributed by atoms with Gasteiger partial charge in [0.25, 0.3) is 11.5 Å². The van der Waals surface area contributed by atoms with E-state index in [0.29, 0.717) is 28.5 Å². The van der Waals surface area contributed by atoms with Gasteiger partial charge >= 0.3 is 13.1 Å². The zero-order valence-electron chi connectivity index (χ0n) is 22.0. The monoisotopic (exact) mass is 565 g/mol. The molecule has 5 rings (SSSR count). The summed E-state index contributed by atoms with van der Waals surface area (Å²) >= 11 is 1.24. The largest absolute Gasteiger partial charge is 0.549 e. The Bertz CT molecular complexity index is 1550. The first-order valence-corrected chi connectivity index (χ1v) is 13.4. The zero-order valence-corrected chi connectivity index (χ0v) is 22.8. The molecule has 1 fully saturated rings. The van der Waals surface area contributed by atoms with E-state index in [0.717, 1.165) is 12.0 Å². The number of allylic oxidation sites excluding steroid dienone is 1. The van der Waals surface area contributed by atoms with Crippen LogP contribution < -0.4 is 31.3 Å². The van der Waals surface area contributed by atoms with E-state index in [2.05, 4.69) is 27.5 Å². The predicted octanol–water partition coefficient (Wildman–Crippen LogP) is 2.15. The van der Waals surface area contributed by atoms with Crippen LogP contribution in [-0.2, 0) is 11.1 Å². The third-order valence-corrected chi connectivity index (χ3v) is 7.65. The van der Waals surface area contributed by atoms with Gasteiger partial charge in [0.05, 0.1) is 24.3 Å². The molecule has 0 bridgehead atoms. The molecule has 0 radical (unpaired) electrons. The Balaban J connectivity index is 1.50. The number of anilines is 1. The number of ether oxygens (including phenoxy) is 1. The molecule has 208 valence electrons. The number of benzene rings is 1. The molecule has 14 heteroatoms. The number of carboxylic acids is 1. The van der Waals surface area contributed by atoms with Gasteiger partial charge < -0.3 is 35.5 Å². The van der Waals surface area contributed by atoms with Gasteiger partial charge in [-0.3, -0.25) is 14.6 Å². The second-order valence-corrected chi connectivity index (χ2v) is 10.5. The van der Waals surface area contributed by atoms with Crippen LogP contribution in [0.25, 0.3) is 0 Å². The van der Waals surface area contributed by atoms with Crippen LogP contribution in [0.15, 0.2) is 51.8 Å². The predicted molar refractivity (Wildman–Crippen MR) is 149 cm³/mol. The second kappa shape index (κ2) is 11.1. The topological polar surface area (TPSA) is 178 Å². The highest BCUT2D eigenvalue weighted by molar-refractivity contribution is 7.13. The standard InChI is InChI=1S/C26H28BN5O7S/c1-12-9-16(12)20(30-18-10-13-5-4-6-14(25(35)36)22(13)39-27(18)38-3)21(17-11-40-26(28)29-17)32-24(34)15-7-8-19(37-2)31-23(15)33/h4-8,11-12,18,21,30H,9-10H2,1-3H3,(H2,28,29)(H,31,33)(H,32,34)(H,35,36)/b20-16-. The summed E-state index contributed by atoms with van der Waals surface area (Å²) in [6, 6.07) is 7.10. The number of nitrogen functional groups attached to an aromatic ring is 1. The number of nitrogens with one attached hydrogen (secondary N) is 3. The van der Waals surface area contributed by atoms with Gasteiger partial charge in [-0.1, -0.05) is 19.1 Å². The van der Waals surface area contributed by atoms with Gasteiger partial charge in [-0.05, 0) is 48.1 Å². The van der Waals surface area contributed by atoms with Gasteiger partial charge in [0.1, 0.15) is 17.4 Å². The van der Waals surface area contributed by atoms with Crippen LogP contribution >= 0.6 is 11.3 Å². The molecule has 3 atom stereocenters. The number of aromatic amines is 1. The quantitative estimate of drug-likeness (QED) is 0.242. The normalized spacial score (nSPS) is 19.6. The summed E-state index contributed by atoms with van der Waals surface area (Å²) < 4.78 is 16.7. The van der Waals surface area contributed by atoms with Gasteiger partial charge in [0.15, 0.2) is 11.0 Å². The number of thiazole rings is 1. The van der Waals surface area contributed by atoms with Crippen molar-refractivity contribution < 1.29 is 28.7 Å². The molecule has 1 amide bonds. The van der Waals surface area contributed by atoms with Crippen molar-refractivity contribution in [2.75, 3.05) is 20.0 Å². The number of rotatable bonds is 9. The van der Waals surface area contributed by atoms with Crippen molar-refractivity contribution in [1.82, 2.24) is 20.6 Å². The number of fused-ring (bicyclic) bond motifs is 1. The molecule has 40 heavy (non-hydrogen) atoms. The first-order valence-electron chi connectivity index (χ1n) is 12.5. The van der Waals surface area contributed by atoms with E-state index >= 15 is 0 Å². The van der Waals surface area contributed by atoms with Crippen molar-refractivity contribution in [1.29, 1.82) is 0 Å².